The van der Waals surface area contributed by atoms with Gasteiger partial charge in [0, 0.05) is 11.8 Å². The van der Waals surface area contributed by atoms with Gasteiger partial charge in [-0.1, -0.05) is 0 Å². The molecule has 0 aliphatic carbocycles. The molecule has 0 saturated heterocycles. The van der Waals surface area contributed by atoms with Gasteiger partial charge in [0.15, 0.2) is 17.3 Å². The Hall–Kier alpha value is -1.76. The maximum absolute atomic E-state index is 14.0. The monoisotopic (exact) mass is 308 g/mol. The van der Waals surface area contributed by atoms with Gasteiger partial charge in [-0.2, -0.15) is 18.3 Å². The molecule has 1 aromatic heterocycles. The molecule has 0 aliphatic rings. The van der Waals surface area contributed by atoms with E-state index in [-0.39, 0.29) is 22.9 Å². The number of alkyl halides is 4. The van der Waals surface area contributed by atoms with Crippen molar-refractivity contribution >= 4 is 11.6 Å². The van der Waals surface area contributed by atoms with Gasteiger partial charge in [0.05, 0.1) is 18.7 Å². The Morgan fingerprint density at radius 1 is 1.30 bits per heavy atom. The van der Waals surface area contributed by atoms with Crippen LogP contribution in [0.25, 0.3) is 5.69 Å². The Bertz CT molecular complexity index is 624. The molecule has 0 bridgehead atoms. The molecule has 0 aliphatic heterocycles. The van der Waals surface area contributed by atoms with Crippen LogP contribution >= 0.6 is 11.6 Å². The standard InChI is InChI=1S/C12H9ClF4N2O/c1-20-9-3-2-8(7(6-13)11(9)14)19-5-4-10(18-19)12(15,16)17/h2-5H,6H2,1H3. The highest BCUT2D eigenvalue weighted by Crippen LogP contribution is 2.30. The number of aromatic nitrogens is 2. The van der Waals surface area contributed by atoms with Crippen molar-refractivity contribution in [3.63, 3.8) is 0 Å². The Balaban J connectivity index is 2.53. The van der Waals surface area contributed by atoms with Crippen molar-refractivity contribution in [2.45, 2.75) is 12.1 Å². The van der Waals surface area contributed by atoms with Crippen molar-refractivity contribution in [3.8, 4) is 11.4 Å². The van der Waals surface area contributed by atoms with Gasteiger partial charge in [0.2, 0.25) is 0 Å². The van der Waals surface area contributed by atoms with E-state index in [1.165, 1.54) is 19.2 Å². The Morgan fingerprint density at radius 2 is 2.00 bits per heavy atom. The van der Waals surface area contributed by atoms with Crippen LogP contribution in [0.3, 0.4) is 0 Å². The average Bonchev–Trinajstić information content (AvgIpc) is 2.87. The molecule has 0 fully saturated rings. The number of nitrogens with zero attached hydrogens (tertiary/aromatic N) is 2. The number of methoxy groups -OCH3 is 1. The molecule has 0 atom stereocenters. The third-order valence-corrected chi connectivity index (χ3v) is 2.93. The first kappa shape index (κ1) is 14.6. The molecular formula is C12H9ClF4N2O. The van der Waals surface area contributed by atoms with E-state index in [2.05, 4.69) is 5.10 Å². The lowest BCUT2D eigenvalue weighted by molar-refractivity contribution is -0.141. The minimum Gasteiger partial charge on any atom is -0.494 e. The van der Waals surface area contributed by atoms with Gasteiger partial charge >= 0.3 is 6.18 Å². The number of ether oxygens (including phenoxy) is 1. The van der Waals surface area contributed by atoms with Gasteiger partial charge in [-0.15, -0.1) is 11.6 Å². The fourth-order valence-electron chi connectivity index (χ4n) is 1.70. The molecule has 0 radical (unpaired) electrons. The molecule has 108 valence electrons. The van der Waals surface area contributed by atoms with Crippen LogP contribution in [0.5, 0.6) is 5.75 Å². The maximum Gasteiger partial charge on any atom is 0.435 e. The van der Waals surface area contributed by atoms with Crippen molar-refractivity contribution in [2.24, 2.45) is 0 Å². The van der Waals surface area contributed by atoms with Gasteiger partial charge in [-0.05, 0) is 18.2 Å². The maximum atomic E-state index is 14.0. The normalized spacial score (nSPS) is 11.7. The van der Waals surface area contributed by atoms with Crippen LogP contribution in [0.4, 0.5) is 17.6 Å². The molecule has 0 saturated carbocycles. The van der Waals surface area contributed by atoms with Crippen LogP contribution < -0.4 is 4.74 Å². The summed E-state index contributed by atoms with van der Waals surface area (Å²) in [6, 6.07) is 3.50. The quantitative estimate of drug-likeness (QED) is 0.637. The lowest BCUT2D eigenvalue weighted by Crippen LogP contribution is -2.08. The summed E-state index contributed by atoms with van der Waals surface area (Å²) < 4.78 is 57.2. The fraction of sp³-hybridized carbons (Fsp3) is 0.250. The highest BCUT2D eigenvalue weighted by atomic mass is 35.5. The second-order valence-electron chi connectivity index (χ2n) is 3.86. The van der Waals surface area contributed by atoms with Gasteiger partial charge in [-0.25, -0.2) is 9.07 Å². The summed E-state index contributed by atoms with van der Waals surface area (Å²) >= 11 is 5.65. The minimum atomic E-state index is -4.56. The highest BCUT2D eigenvalue weighted by molar-refractivity contribution is 6.17. The van der Waals surface area contributed by atoms with E-state index >= 15 is 0 Å². The molecule has 1 heterocycles. The third kappa shape index (κ3) is 2.58. The molecule has 0 unspecified atom stereocenters. The second kappa shape index (κ2) is 5.32. The zero-order chi connectivity index (χ0) is 14.9. The van der Waals surface area contributed by atoms with Crippen molar-refractivity contribution < 1.29 is 22.3 Å². The Kier molecular flexibility index (Phi) is 3.89. The van der Waals surface area contributed by atoms with Crippen LogP contribution in [0.15, 0.2) is 24.4 Å². The summed E-state index contributed by atoms with van der Waals surface area (Å²) in [4.78, 5) is 0. The minimum absolute atomic E-state index is 0.0165. The lowest BCUT2D eigenvalue weighted by atomic mass is 10.1. The molecule has 2 rings (SSSR count). The van der Waals surface area contributed by atoms with E-state index in [1.807, 2.05) is 0 Å². The van der Waals surface area contributed by atoms with Crippen LogP contribution in [0.1, 0.15) is 11.3 Å². The lowest BCUT2D eigenvalue weighted by Gasteiger charge is -2.11. The van der Waals surface area contributed by atoms with E-state index in [9.17, 15) is 17.6 Å². The molecule has 0 spiro atoms. The Labute approximate surface area is 116 Å². The van der Waals surface area contributed by atoms with Gasteiger partial charge < -0.3 is 4.74 Å². The molecular weight excluding hydrogens is 300 g/mol. The first-order valence-corrected chi connectivity index (χ1v) is 5.96. The zero-order valence-corrected chi connectivity index (χ0v) is 11.0. The summed E-state index contributed by atoms with van der Waals surface area (Å²) in [5, 5.41) is 3.38. The van der Waals surface area contributed by atoms with Crippen LogP contribution in [0, 0.1) is 5.82 Å². The van der Waals surface area contributed by atoms with E-state index < -0.39 is 17.7 Å². The van der Waals surface area contributed by atoms with Gasteiger partial charge in [0.1, 0.15) is 0 Å². The zero-order valence-electron chi connectivity index (χ0n) is 10.2. The number of rotatable bonds is 3. The SMILES string of the molecule is COc1ccc(-n2ccc(C(F)(F)F)n2)c(CCl)c1F. The third-order valence-electron chi connectivity index (χ3n) is 2.66. The number of hydrogen-bond acceptors (Lipinski definition) is 2. The van der Waals surface area contributed by atoms with E-state index in [0.29, 0.717) is 0 Å². The summed E-state index contributed by atoms with van der Waals surface area (Å²) in [7, 11) is 1.28. The van der Waals surface area contributed by atoms with Crippen molar-refractivity contribution in [2.75, 3.05) is 7.11 Å². The van der Waals surface area contributed by atoms with Crippen LogP contribution in [0.2, 0.25) is 0 Å². The largest absolute Gasteiger partial charge is 0.494 e. The molecule has 1 aromatic carbocycles. The predicted octanol–water partition coefficient (Wildman–Crippen LogP) is 3.78. The molecule has 20 heavy (non-hydrogen) atoms. The topological polar surface area (TPSA) is 27.1 Å². The molecule has 0 amide bonds. The Morgan fingerprint density at radius 3 is 2.50 bits per heavy atom. The van der Waals surface area contributed by atoms with E-state index in [0.717, 1.165) is 16.9 Å². The number of benzene rings is 1. The van der Waals surface area contributed by atoms with Gasteiger partial charge in [0.25, 0.3) is 0 Å². The summed E-state index contributed by atoms with van der Waals surface area (Å²) in [5.41, 5.74) is -0.911. The summed E-state index contributed by atoms with van der Waals surface area (Å²) in [5.74, 6) is -0.976. The highest BCUT2D eigenvalue weighted by Gasteiger charge is 2.33. The van der Waals surface area contributed by atoms with Crippen molar-refractivity contribution in [1.29, 1.82) is 0 Å². The number of hydrogen-bond donors (Lipinski definition) is 0. The van der Waals surface area contributed by atoms with Crippen LogP contribution in [-0.2, 0) is 12.1 Å². The molecule has 3 nitrogen and oxygen atoms in total. The predicted molar refractivity (Wildman–Crippen MR) is 64.6 cm³/mol. The van der Waals surface area contributed by atoms with Gasteiger partial charge in [-0.3, -0.25) is 0 Å². The smallest absolute Gasteiger partial charge is 0.435 e. The van der Waals surface area contributed by atoms with E-state index in [4.69, 9.17) is 16.3 Å². The van der Waals surface area contributed by atoms with Crippen LogP contribution in [-0.4, -0.2) is 16.9 Å². The summed E-state index contributed by atoms with van der Waals surface area (Å²) in [6.07, 6.45) is -3.46. The average molecular weight is 309 g/mol. The van der Waals surface area contributed by atoms with E-state index in [1.54, 1.807) is 0 Å². The van der Waals surface area contributed by atoms with Crippen molar-refractivity contribution in [3.05, 3.63) is 41.5 Å². The number of halogens is 5. The first-order chi connectivity index (χ1) is 9.38. The molecule has 2 aromatic rings. The molecule has 8 heteroatoms. The fourth-order valence-corrected chi connectivity index (χ4v) is 1.95. The van der Waals surface area contributed by atoms with Crippen molar-refractivity contribution in [1.82, 2.24) is 9.78 Å². The summed E-state index contributed by atoms with van der Waals surface area (Å²) in [6.45, 7) is 0. The second-order valence-corrected chi connectivity index (χ2v) is 4.12. The molecule has 0 N–H and O–H groups in total. The first-order valence-electron chi connectivity index (χ1n) is 5.43.